The van der Waals surface area contributed by atoms with E-state index in [9.17, 15) is 0 Å². The van der Waals surface area contributed by atoms with Crippen LogP contribution in [-0.2, 0) is 0 Å². The second-order valence-corrected chi connectivity index (χ2v) is 1.70. The van der Waals surface area contributed by atoms with Gasteiger partial charge in [0.25, 0.3) is 6.54 Å². The number of hydrazone groups is 1. The molecular formula is C7H12N3+. The van der Waals surface area contributed by atoms with E-state index in [1.807, 2.05) is 13.8 Å². The van der Waals surface area contributed by atoms with Crippen LogP contribution in [0.1, 0.15) is 13.8 Å². The van der Waals surface area contributed by atoms with Gasteiger partial charge in [-0.3, -0.25) is 5.43 Å². The molecule has 3 heteroatoms. The van der Waals surface area contributed by atoms with Crippen LogP contribution in [0.5, 0.6) is 0 Å². The van der Waals surface area contributed by atoms with Gasteiger partial charge in [0.1, 0.15) is 0 Å². The van der Waals surface area contributed by atoms with Crippen molar-refractivity contribution in [1.29, 1.82) is 0 Å². The molecule has 0 amide bonds. The lowest BCUT2D eigenvalue weighted by Gasteiger charge is -1.82. The summed E-state index contributed by atoms with van der Waals surface area (Å²) in [6, 6.07) is 2.80. The summed E-state index contributed by atoms with van der Waals surface area (Å²) in [7, 11) is 0. The first-order valence-corrected chi connectivity index (χ1v) is 3.11. The van der Waals surface area contributed by atoms with Crippen LogP contribution in [0, 0.1) is 6.07 Å². The Morgan fingerprint density at radius 1 is 1.90 bits per heavy atom. The van der Waals surface area contributed by atoms with Crippen molar-refractivity contribution < 1.29 is 0 Å². The van der Waals surface area contributed by atoms with Crippen LogP contribution >= 0.6 is 0 Å². The summed E-state index contributed by atoms with van der Waals surface area (Å²) in [6.07, 6.45) is 1.69. The Bertz CT molecular complexity index is 183. The van der Waals surface area contributed by atoms with E-state index >= 15 is 0 Å². The lowest BCUT2D eigenvalue weighted by molar-refractivity contribution is 0.972. The van der Waals surface area contributed by atoms with Gasteiger partial charge in [0, 0.05) is 19.8 Å². The highest BCUT2D eigenvalue weighted by molar-refractivity contribution is 5.24. The highest BCUT2D eigenvalue weighted by Gasteiger charge is 1.87. The smallest absolute Gasteiger partial charge is 0.285 e. The first-order valence-electron chi connectivity index (χ1n) is 3.11. The maximum Gasteiger partial charge on any atom is 0.307 e. The Kier molecular flexibility index (Phi) is 5.07. The molecule has 0 unspecified atom stereocenters. The third-order valence-electron chi connectivity index (χ3n) is 0.786. The van der Waals surface area contributed by atoms with Gasteiger partial charge in [-0.05, 0) is 6.92 Å². The predicted molar refractivity (Wildman–Crippen MR) is 44.2 cm³/mol. The lowest BCUT2D eigenvalue weighted by atomic mass is 10.4. The van der Waals surface area contributed by atoms with Gasteiger partial charge in [0.15, 0.2) is 0 Å². The highest BCUT2D eigenvalue weighted by Crippen LogP contribution is 1.86. The van der Waals surface area contributed by atoms with E-state index in [1.165, 1.54) is 0 Å². The van der Waals surface area contributed by atoms with E-state index < -0.39 is 0 Å². The predicted octanol–water partition coefficient (Wildman–Crippen LogP) is 1.45. The van der Waals surface area contributed by atoms with Crippen LogP contribution < -0.4 is 5.43 Å². The lowest BCUT2D eigenvalue weighted by Crippen LogP contribution is -1.91. The van der Waals surface area contributed by atoms with Gasteiger partial charge in [-0.1, -0.05) is 4.85 Å². The van der Waals surface area contributed by atoms with Gasteiger partial charge in [-0.25, -0.2) is 0 Å². The van der Waals surface area contributed by atoms with Crippen LogP contribution in [-0.4, -0.2) is 13.3 Å². The first-order chi connectivity index (χ1) is 4.81. The number of nitrogens with one attached hydrogen (secondary N) is 1. The maximum atomic E-state index is 3.90. The van der Waals surface area contributed by atoms with Gasteiger partial charge in [-0.2, -0.15) is 5.10 Å². The fraction of sp³-hybridized carbons (Fsp3) is 0.429. The summed E-state index contributed by atoms with van der Waals surface area (Å²) in [5, 5.41) is 3.43. The zero-order valence-corrected chi connectivity index (χ0v) is 6.39. The monoisotopic (exact) mass is 138 g/mol. The SMILES string of the molecule is C=NN/C=C(\C)C#[N+]CC. The van der Waals surface area contributed by atoms with E-state index in [1.54, 1.807) is 6.20 Å². The molecule has 1 N–H and O–H groups in total. The van der Waals surface area contributed by atoms with Crippen molar-refractivity contribution in [2.45, 2.75) is 13.8 Å². The number of nitrogens with zero attached hydrogens (tertiary/aromatic N) is 2. The molecule has 0 spiro atoms. The summed E-state index contributed by atoms with van der Waals surface area (Å²) >= 11 is 0. The van der Waals surface area contributed by atoms with Crippen LogP contribution in [0.4, 0.5) is 0 Å². The largest absolute Gasteiger partial charge is 0.307 e. The minimum Gasteiger partial charge on any atom is -0.285 e. The molecule has 0 atom stereocenters. The molecule has 0 rings (SSSR count). The fourth-order valence-electron chi connectivity index (χ4n) is 0.379. The van der Waals surface area contributed by atoms with Crippen molar-refractivity contribution in [2.24, 2.45) is 5.10 Å². The maximum absolute atomic E-state index is 3.90. The molecule has 0 aromatic heterocycles. The number of hydrogen-bond acceptors (Lipinski definition) is 2. The highest BCUT2D eigenvalue weighted by atomic mass is 15.3. The van der Waals surface area contributed by atoms with E-state index in [2.05, 4.69) is 28.2 Å². The molecule has 3 nitrogen and oxygen atoms in total. The van der Waals surface area contributed by atoms with Crippen molar-refractivity contribution in [1.82, 2.24) is 5.43 Å². The average molecular weight is 138 g/mol. The zero-order valence-electron chi connectivity index (χ0n) is 6.39. The molecule has 0 fully saturated rings. The molecule has 0 radical (unpaired) electrons. The van der Waals surface area contributed by atoms with Crippen molar-refractivity contribution in [3.63, 3.8) is 0 Å². The van der Waals surface area contributed by atoms with Crippen molar-refractivity contribution in [3.05, 3.63) is 16.6 Å². The summed E-state index contributed by atoms with van der Waals surface area (Å²) in [4.78, 5) is 3.90. The van der Waals surface area contributed by atoms with Crippen molar-refractivity contribution >= 4 is 6.72 Å². The third kappa shape index (κ3) is 4.85. The summed E-state index contributed by atoms with van der Waals surface area (Å²) in [5.74, 6) is 0. The van der Waals surface area contributed by atoms with Gasteiger partial charge >= 0.3 is 6.07 Å². The molecule has 10 heavy (non-hydrogen) atoms. The van der Waals surface area contributed by atoms with E-state index in [-0.39, 0.29) is 0 Å². The number of allylic oxidation sites excluding steroid dienone is 1. The molecule has 0 aliphatic carbocycles. The Morgan fingerprint density at radius 2 is 2.60 bits per heavy atom. The van der Waals surface area contributed by atoms with Gasteiger partial charge in [0.2, 0.25) is 0 Å². The number of rotatable bonds is 2. The van der Waals surface area contributed by atoms with Crippen LogP contribution in [0.15, 0.2) is 16.9 Å². The minimum absolute atomic E-state index is 0.757. The Balaban J connectivity index is 3.80. The Morgan fingerprint density at radius 3 is 3.10 bits per heavy atom. The third-order valence-corrected chi connectivity index (χ3v) is 0.786. The minimum atomic E-state index is 0.757. The topological polar surface area (TPSA) is 28.8 Å². The Labute approximate surface area is 61.3 Å². The van der Waals surface area contributed by atoms with Crippen molar-refractivity contribution in [2.75, 3.05) is 6.54 Å². The van der Waals surface area contributed by atoms with Crippen LogP contribution in [0.2, 0.25) is 0 Å². The van der Waals surface area contributed by atoms with E-state index in [0.29, 0.717) is 0 Å². The van der Waals surface area contributed by atoms with E-state index in [4.69, 9.17) is 0 Å². The molecule has 54 valence electrons. The normalized spacial score (nSPS) is 9.60. The van der Waals surface area contributed by atoms with Gasteiger partial charge in [-0.15, -0.1) is 0 Å². The molecule has 0 bridgehead atoms. The molecule has 0 heterocycles. The molecule has 0 saturated heterocycles. The van der Waals surface area contributed by atoms with Crippen molar-refractivity contribution in [3.8, 4) is 6.07 Å². The number of hydrogen-bond donors (Lipinski definition) is 1. The summed E-state index contributed by atoms with van der Waals surface area (Å²) in [6.45, 7) is 7.85. The molecule has 0 aromatic carbocycles. The van der Waals surface area contributed by atoms with Crippen LogP contribution in [0.25, 0.3) is 4.85 Å². The summed E-state index contributed by atoms with van der Waals surface area (Å²) in [5.41, 5.74) is 3.50. The molecule has 0 aliphatic rings. The van der Waals surface area contributed by atoms with Gasteiger partial charge in [0.05, 0.1) is 5.57 Å². The first kappa shape index (κ1) is 8.70. The molecule has 0 aromatic rings. The summed E-state index contributed by atoms with van der Waals surface area (Å²) < 4.78 is 0. The second-order valence-electron chi connectivity index (χ2n) is 1.70. The average Bonchev–Trinajstić information content (AvgIpc) is 1.97. The molecule has 0 saturated carbocycles. The van der Waals surface area contributed by atoms with E-state index in [0.717, 1.165) is 12.1 Å². The Hall–Kier alpha value is -1.30. The standard InChI is InChI=1S/C7H11N3/c1-4-9-5-7(2)6-10-8-3/h6H,3-4H2,1-2H3/p+1. The second kappa shape index (κ2) is 5.83. The zero-order chi connectivity index (χ0) is 7.82. The molecule has 0 aliphatic heterocycles. The molecular weight excluding hydrogens is 126 g/mol. The van der Waals surface area contributed by atoms with Crippen LogP contribution in [0.3, 0.4) is 0 Å². The fourth-order valence-corrected chi connectivity index (χ4v) is 0.379. The quantitative estimate of drug-likeness (QED) is 0.349. The van der Waals surface area contributed by atoms with Gasteiger partial charge < -0.3 is 0 Å².